The molecule has 0 aromatic heterocycles. The third-order valence-corrected chi connectivity index (χ3v) is 8.15. The average molecular weight is 490 g/mol. The molecule has 0 amide bonds. The summed E-state index contributed by atoms with van der Waals surface area (Å²) in [5.41, 5.74) is -0.176. The number of ether oxygens (including phenoxy) is 4. The van der Waals surface area contributed by atoms with Crippen LogP contribution < -0.4 is 0 Å². The summed E-state index contributed by atoms with van der Waals surface area (Å²) in [7, 11) is -5.40. The summed E-state index contributed by atoms with van der Waals surface area (Å²) in [5, 5.41) is 0. The number of rotatable bonds is 6. The molecule has 0 spiro atoms. The van der Waals surface area contributed by atoms with Crippen LogP contribution in [0.3, 0.4) is 0 Å². The van der Waals surface area contributed by atoms with Gasteiger partial charge in [0.05, 0.1) is 11.0 Å². The fraction of sp³-hybridized carbons (Fsp3) is 0.550. The van der Waals surface area contributed by atoms with E-state index in [0.29, 0.717) is 0 Å². The number of benzene rings is 1. The first-order valence-electron chi connectivity index (χ1n) is 9.68. The van der Waals surface area contributed by atoms with Gasteiger partial charge in [0, 0.05) is 20.8 Å². The summed E-state index contributed by atoms with van der Waals surface area (Å²) in [6.07, 6.45) is -2.81. The van der Waals surface area contributed by atoms with E-state index in [1.165, 1.54) is 25.3 Å². The van der Waals surface area contributed by atoms with Crippen LogP contribution >= 0.6 is 0 Å². The molecule has 32 heavy (non-hydrogen) atoms. The summed E-state index contributed by atoms with van der Waals surface area (Å²) >= 11 is 0. The maximum absolute atomic E-state index is 12.8. The molecule has 178 valence electrons. The van der Waals surface area contributed by atoms with Crippen LogP contribution in [0.4, 0.5) is 0 Å². The first-order valence-corrected chi connectivity index (χ1v) is 12.8. The Balaban J connectivity index is 2.49. The van der Waals surface area contributed by atoms with Crippen LogP contribution in [0.5, 0.6) is 0 Å². The smallest absolute Gasteiger partial charge is 0.303 e. The molecule has 1 aliphatic heterocycles. The van der Waals surface area contributed by atoms with Crippen molar-refractivity contribution in [2.45, 2.75) is 69.4 Å². The molecule has 12 heteroatoms. The Morgan fingerprint density at radius 1 is 0.906 bits per heavy atom. The van der Waals surface area contributed by atoms with Crippen LogP contribution in [-0.4, -0.2) is 62.4 Å². The lowest BCUT2D eigenvalue weighted by Crippen LogP contribution is -2.61. The highest BCUT2D eigenvalue weighted by Gasteiger charge is 2.51. The van der Waals surface area contributed by atoms with Crippen molar-refractivity contribution in [1.82, 2.24) is 0 Å². The highest BCUT2D eigenvalue weighted by Crippen LogP contribution is 2.31. The van der Waals surface area contributed by atoms with Gasteiger partial charge in [-0.05, 0) is 32.2 Å². The Labute approximate surface area is 189 Å². The van der Waals surface area contributed by atoms with Crippen molar-refractivity contribution in [3.63, 3.8) is 0 Å². The fourth-order valence-corrected chi connectivity index (χ4v) is 6.53. The quantitative estimate of drug-likeness (QED) is 0.432. The second-order valence-electron chi connectivity index (χ2n) is 7.32. The summed E-state index contributed by atoms with van der Waals surface area (Å²) in [5.74, 6) is -2.06. The predicted octanol–water partition coefficient (Wildman–Crippen LogP) is 1.66. The predicted molar refractivity (Wildman–Crippen MR) is 115 cm³/mol. The number of hydrogen-bond donors (Lipinski definition) is 0. The van der Waals surface area contributed by atoms with E-state index in [0.717, 1.165) is 19.4 Å². The maximum Gasteiger partial charge on any atom is 0.303 e. The largest absolute Gasteiger partial charge is 0.456 e. The molecule has 0 saturated carbocycles. The summed E-state index contributed by atoms with van der Waals surface area (Å²) in [4.78, 5) is 35.1. The minimum atomic E-state index is -4.04. The van der Waals surface area contributed by atoms with Crippen LogP contribution in [0.25, 0.3) is 0 Å². The molecule has 1 heterocycles. The van der Waals surface area contributed by atoms with Gasteiger partial charge in [0.1, 0.15) is 0 Å². The van der Waals surface area contributed by atoms with Gasteiger partial charge in [-0.15, -0.1) is 3.77 Å². The molecule has 0 aliphatic carbocycles. The van der Waals surface area contributed by atoms with E-state index in [9.17, 15) is 22.8 Å². The van der Waals surface area contributed by atoms with E-state index < -0.39 is 68.5 Å². The van der Waals surface area contributed by atoms with Crippen LogP contribution in [0.15, 0.2) is 32.9 Å². The summed E-state index contributed by atoms with van der Waals surface area (Å²) in [6, 6.07) is 6.18. The van der Waals surface area contributed by atoms with Gasteiger partial charge in [-0.1, -0.05) is 28.4 Å². The van der Waals surface area contributed by atoms with Gasteiger partial charge in [0.15, 0.2) is 23.7 Å². The molecule has 0 radical (unpaired) electrons. The SMILES string of the molecule is CC(=O)O[C@@H]1[C@H](OC(C)=O)[C@H](C)O[C@H](S(C)=NS(=O)(=O)c2ccc(C)cc2)[C@H]1OC(C)=O. The van der Waals surface area contributed by atoms with Crippen molar-refractivity contribution in [2.24, 2.45) is 3.77 Å². The minimum Gasteiger partial charge on any atom is -0.456 e. The van der Waals surface area contributed by atoms with Gasteiger partial charge < -0.3 is 18.9 Å². The molecule has 6 atom stereocenters. The van der Waals surface area contributed by atoms with Crippen molar-refractivity contribution >= 4 is 38.6 Å². The third-order valence-electron chi connectivity index (χ3n) is 4.50. The minimum absolute atomic E-state index is 0.00432. The summed E-state index contributed by atoms with van der Waals surface area (Å²) in [6.45, 7) is 6.89. The lowest BCUT2D eigenvalue weighted by molar-refractivity contribution is -0.229. The van der Waals surface area contributed by atoms with Gasteiger partial charge in [-0.25, -0.2) is 0 Å². The zero-order valence-electron chi connectivity index (χ0n) is 18.6. The van der Waals surface area contributed by atoms with Crippen LogP contribution in [0.1, 0.15) is 33.3 Å². The van der Waals surface area contributed by atoms with Gasteiger partial charge in [0.25, 0.3) is 10.0 Å². The molecule has 1 unspecified atom stereocenters. The third kappa shape index (κ3) is 6.59. The van der Waals surface area contributed by atoms with E-state index in [1.807, 2.05) is 6.92 Å². The maximum atomic E-state index is 12.8. The lowest BCUT2D eigenvalue weighted by atomic mass is 10.00. The zero-order valence-corrected chi connectivity index (χ0v) is 20.3. The molecular weight excluding hydrogens is 462 g/mol. The van der Waals surface area contributed by atoms with Crippen molar-refractivity contribution in [1.29, 1.82) is 0 Å². The number of hydrogen-bond acceptors (Lipinski definition) is 9. The van der Waals surface area contributed by atoms with Crippen molar-refractivity contribution in [3.8, 4) is 0 Å². The number of aryl methyl sites for hydroxylation is 1. The fourth-order valence-electron chi connectivity index (χ4n) is 3.19. The first kappa shape index (κ1) is 25.9. The second kappa shape index (κ2) is 10.5. The van der Waals surface area contributed by atoms with Crippen molar-refractivity contribution in [3.05, 3.63) is 29.8 Å². The van der Waals surface area contributed by atoms with Gasteiger partial charge >= 0.3 is 17.9 Å². The molecule has 10 nitrogen and oxygen atoms in total. The van der Waals surface area contributed by atoms with Crippen molar-refractivity contribution in [2.75, 3.05) is 6.26 Å². The number of carbonyl (C=O) groups excluding carboxylic acids is 3. The van der Waals surface area contributed by atoms with E-state index in [2.05, 4.69) is 3.77 Å². The van der Waals surface area contributed by atoms with Gasteiger partial charge in [-0.2, -0.15) is 8.42 Å². The van der Waals surface area contributed by atoms with E-state index >= 15 is 0 Å². The number of esters is 3. The monoisotopic (exact) mass is 489 g/mol. The standard InChI is InChI=1S/C20H27NO9S2/c1-11-7-9-16(10-8-11)32(25,26)21-31(6)20-19(30-15(5)24)18(29-14(4)23)17(12(2)27-20)28-13(3)22/h7-10,12,17-20H,1-6H3/t12-,17+,18+,19-,20+,31?/m0/s1. The number of nitrogens with zero attached hydrogens (tertiary/aromatic N) is 1. The average Bonchev–Trinajstić information content (AvgIpc) is 2.65. The Kier molecular flexibility index (Phi) is 8.54. The Bertz CT molecular complexity index is 1000. The number of carbonyl (C=O) groups is 3. The molecule has 0 N–H and O–H groups in total. The Hall–Kier alpha value is -2.31. The molecule has 1 aromatic carbocycles. The van der Waals surface area contributed by atoms with Gasteiger partial charge in [-0.3, -0.25) is 14.4 Å². The first-order chi connectivity index (χ1) is 14.8. The number of sulfonamides is 1. The highest BCUT2D eigenvalue weighted by molar-refractivity contribution is 8.00. The normalized spacial score (nSPS) is 26.8. The van der Waals surface area contributed by atoms with Gasteiger partial charge in [0.2, 0.25) is 0 Å². The molecule has 1 aromatic rings. The molecule has 1 fully saturated rings. The zero-order chi connectivity index (χ0) is 24.2. The second-order valence-corrected chi connectivity index (χ2v) is 10.8. The molecule has 1 aliphatic rings. The Morgan fingerprint density at radius 3 is 1.88 bits per heavy atom. The molecule has 0 bridgehead atoms. The molecule has 1 saturated heterocycles. The topological polar surface area (TPSA) is 135 Å². The van der Waals surface area contributed by atoms with E-state index in [4.69, 9.17) is 18.9 Å². The van der Waals surface area contributed by atoms with Crippen LogP contribution in [0, 0.1) is 6.92 Å². The van der Waals surface area contributed by atoms with Crippen LogP contribution in [-0.2, 0) is 54.0 Å². The molecular formula is C20H27NO9S2. The summed E-state index contributed by atoms with van der Waals surface area (Å²) < 4.78 is 51.4. The lowest BCUT2D eigenvalue weighted by Gasteiger charge is -2.43. The Morgan fingerprint density at radius 2 is 1.38 bits per heavy atom. The van der Waals surface area contributed by atoms with E-state index in [-0.39, 0.29) is 4.90 Å². The highest BCUT2D eigenvalue weighted by atomic mass is 32.3. The van der Waals surface area contributed by atoms with E-state index in [1.54, 1.807) is 19.1 Å². The van der Waals surface area contributed by atoms with Crippen molar-refractivity contribution < 1.29 is 41.7 Å². The molecule has 2 rings (SSSR count). The van der Waals surface area contributed by atoms with Crippen LogP contribution in [0.2, 0.25) is 0 Å².